The van der Waals surface area contributed by atoms with Crippen molar-refractivity contribution in [3.05, 3.63) is 88.8 Å². The van der Waals surface area contributed by atoms with Crippen molar-refractivity contribution in [2.24, 2.45) is 5.73 Å². The Kier molecular flexibility index (Phi) is 5.62. The predicted molar refractivity (Wildman–Crippen MR) is 135 cm³/mol. The number of fused-ring (bicyclic) bond motifs is 1. The lowest BCUT2D eigenvalue weighted by Crippen LogP contribution is -2.13. The lowest BCUT2D eigenvalue weighted by Gasteiger charge is -2.15. The molecule has 8 nitrogen and oxygen atoms in total. The first kappa shape index (κ1) is 22.4. The third-order valence-electron chi connectivity index (χ3n) is 5.96. The van der Waals surface area contributed by atoms with Crippen molar-refractivity contribution in [3.8, 4) is 22.7 Å². The molecule has 2 aromatic carbocycles. The second-order valence-electron chi connectivity index (χ2n) is 8.15. The highest BCUT2D eigenvalue weighted by atomic mass is 32.1. The SMILES string of the molecule is COc1cc(Cn2c(-c3ccc(-n4ccnc4)cc3C)cc3sc(C(=O)O)cc32)ccc1C(N)=O. The normalized spacial score (nSPS) is 11.1. The quantitative estimate of drug-likeness (QED) is 0.346. The molecule has 0 saturated heterocycles. The number of carbonyl (C=O) groups is 2. The summed E-state index contributed by atoms with van der Waals surface area (Å²) in [4.78, 5) is 27.7. The summed E-state index contributed by atoms with van der Waals surface area (Å²) in [7, 11) is 1.49. The van der Waals surface area contributed by atoms with Crippen LogP contribution in [0.15, 0.2) is 67.3 Å². The minimum Gasteiger partial charge on any atom is -0.496 e. The average Bonchev–Trinajstić information content (AvgIpc) is 3.57. The Morgan fingerprint density at radius 2 is 1.97 bits per heavy atom. The van der Waals surface area contributed by atoms with Gasteiger partial charge in [0.05, 0.1) is 34.9 Å². The summed E-state index contributed by atoms with van der Waals surface area (Å²) in [6, 6.07) is 15.2. The number of nitrogens with zero attached hydrogens (tertiary/aromatic N) is 3. The molecule has 0 fully saturated rings. The number of hydrogen-bond acceptors (Lipinski definition) is 5. The Labute approximate surface area is 204 Å². The minimum absolute atomic E-state index is 0.282. The van der Waals surface area contributed by atoms with Gasteiger partial charge in [0.1, 0.15) is 10.6 Å². The third-order valence-corrected chi connectivity index (χ3v) is 7.02. The van der Waals surface area contributed by atoms with Crippen LogP contribution in [-0.2, 0) is 6.54 Å². The molecule has 9 heteroatoms. The highest BCUT2D eigenvalue weighted by Crippen LogP contribution is 2.36. The molecule has 0 aliphatic rings. The van der Waals surface area contributed by atoms with Crippen LogP contribution < -0.4 is 10.5 Å². The van der Waals surface area contributed by atoms with Gasteiger partial charge in [0, 0.05) is 30.2 Å². The molecule has 0 unspecified atom stereocenters. The first-order chi connectivity index (χ1) is 16.9. The van der Waals surface area contributed by atoms with Gasteiger partial charge >= 0.3 is 5.97 Å². The van der Waals surface area contributed by atoms with Gasteiger partial charge in [0.2, 0.25) is 0 Å². The average molecular weight is 487 g/mol. The van der Waals surface area contributed by atoms with Crippen molar-refractivity contribution < 1.29 is 19.4 Å². The van der Waals surface area contributed by atoms with Gasteiger partial charge in [-0.25, -0.2) is 9.78 Å². The van der Waals surface area contributed by atoms with E-state index in [9.17, 15) is 14.7 Å². The van der Waals surface area contributed by atoms with E-state index in [1.165, 1.54) is 18.4 Å². The van der Waals surface area contributed by atoms with Gasteiger partial charge in [-0.15, -0.1) is 11.3 Å². The van der Waals surface area contributed by atoms with Gasteiger partial charge in [-0.1, -0.05) is 12.1 Å². The van der Waals surface area contributed by atoms with E-state index in [4.69, 9.17) is 10.5 Å². The fourth-order valence-corrected chi connectivity index (χ4v) is 5.21. The highest BCUT2D eigenvalue weighted by Gasteiger charge is 2.19. The summed E-state index contributed by atoms with van der Waals surface area (Å²) in [5, 5.41) is 9.52. The number of primary amides is 1. The van der Waals surface area contributed by atoms with Crippen molar-refractivity contribution >= 4 is 33.4 Å². The van der Waals surface area contributed by atoms with Crippen LogP contribution in [0, 0.1) is 6.92 Å². The van der Waals surface area contributed by atoms with E-state index in [1.807, 2.05) is 29.0 Å². The summed E-state index contributed by atoms with van der Waals surface area (Å²) in [6.07, 6.45) is 5.38. The van der Waals surface area contributed by atoms with Crippen LogP contribution in [0.2, 0.25) is 0 Å². The Morgan fingerprint density at radius 1 is 1.14 bits per heavy atom. The van der Waals surface area contributed by atoms with Crippen LogP contribution in [-0.4, -0.2) is 38.2 Å². The van der Waals surface area contributed by atoms with Crippen molar-refractivity contribution in [3.63, 3.8) is 0 Å². The predicted octanol–water partition coefficient (Wildman–Crippen LogP) is 4.72. The first-order valence-corrected chi connectivity index (χ1v) is 11.6. The van der Waals surface area contributed by atoms with Crippen LogP contribution in [0.5, 0.6) is 5.75 Å². The summed E-state index contributed by atoms with van der Waals surface area (Å²) < 4.78 is 10.3. The molecule has 35 heavy (non-hydrogen) atoms. The molecule has 3 N–H and O–H groups in total. The molecule has 5 rings (SSSR count). The van der Waals surface area contributed by atoms with Gasteiger partial charge in [-0.05, 0) is 54.4 Å². The summed E-state index contributed by atoms with van der Waals surface area (Å²) in [5.41, 5.74) is 11.6. The summed E-state index contributed by atoms with van der Waals surface area (Å²) in [6.45, 7) is 2.50. The molecule has 5 aromatic rings. The number of ether oxygens (including phenoxy) is 1. The number of hydrogen-bond donors (Lipinski definition) is 2. The Bertz CT molecular complexity index is 1580. The number of aromatic nitrogens is 3. The molecule has 1 amide bonds. The van der Waals surface area contributed by atoms with Gasteiger partial charge in [-0.3, -0.25) is 4.79 Å². The number of methoxy groups -OCH3 is 1. The molecule has 0 bridgehead atoms. The van der Waals surface area contributed by atoms with Crippen LogP contribution in [0.1, 0.15) is 31.2 Å². The Balaban J connectivity index is 1.63. The van der Waals surface area contributed by atoms with E-state index in [2.05, 4.69) is 28.6 Å². The molecule has 0 aliphatic heterocycles. The van der Waals surface area contributed by atoms with E-state index < -0.39 is 11.9 Å². The maximum absolute atomic E-state index is 11.7. The fraction of sp³-hybridized carbons (Fsp3) is 0.115. The molecule has 0 atom stereocenters. The van der Waals surface area contributed by atoms with Crippen LogP contribution in [0.3, 0.4) is 0 Å². The lowest BCUT2D eigenvalue weighted by molar-refractivity contribution is 0.0702. The van der Waals surface area contributed by atoms with E-state index in [0.29, 0.717) is 17.9 Å². The Hall–Kier alpha value is -4.37. The van der Waals surface area contributed by atoms with Crippen molar-refractivity contribution in [1.82, 2.24) is 14.1 Å². The molecule has 3 heterocycles. The van der Waals surface area contributed by atoms with Crippen molar-refractivity contribution in [2.75, 3.05) is 7.11 Å². The molecular formula is C26H22N4O4S. The number of benzene rings is 2. The number of rotatable bonds is 7. The Morgan fingerprint density at radius 3 is 2.63 bits per heavy atom. The van der Waals surface area contributed by atoms with E-state index in [-0.39, 0.29) is 4.88 Å². The number of carbonyl (C=O) groups excluding carboxylic acids is 1. The molecule has 3 aromatic heterocycles. The second kappa shape index (κ2) is 8.77. The third kappa shape index (κ3) is 4.06. The van der Waals surface area contributed by atoms with E-state index in [1.54, 1.807) is 30.7 Å². The van der Waals surface area contributed by atoms with Crippen LogP contribution >= 0.6 is 11.3 Å². The number of aryl methyl sites for hydroxylation is 1. The minimum atomic E-state index is -0.951. The fourth-order valence-electron chi connectivity index (χ4n) is 4.27. The van der Waals surface area contributed by atoms with Crippen molar-refractivity contribution in [1.29, 1.82) is 0 Å². The van der Waals surface area contributed by atoms with Gasteiger partial charge < -0.3 is 24.7 Å². The smallest absolute Gasteiger partial charge is 0.345 e. The number of carboxylic acids is 1. The molecule has 176 valence electrons. The van der Waals surface area contributed by atoms with Gasteiger partial charge in [0.15, 0.2) is 0 Å². The number of thiophene rings is 1. The largest absolute Gasteiger partial charge is 0.496 e. The van der Waals surface area contributed by atoms with E-state index >= 15 is 0 Å². The first-order valence-electron chi connectivity index (χ1n) is 10.8. The zero-order valence-electron chi connectivity index (χ0n) is 19.1. The molecule has 0 radical (unpaired) electrons. The molecule has 0 saturated carbocycles. The number of carboxylic acid groups (broad SMARTS) is 1. The second-order valence-corrected chi connectivity index (χ2v) is 9.23. The molecular weight excluding hydrogens is 464 g/mol. The van der Waals surface area contributed by atoms with Gasteiger partial charge in [0.25, 0.3) is 5.91 Å². The number of imidazole rings is 1. The zero-order chi connectivity index (χ0) is 24.7. The van der Waals surface area contributed by atoms with Crippen LogP contribution in [0.4, 0.5) is 0 Å². The topological polar surface area (TPSA) is 112 Å². The zero-order valence-corrected chi connectivity index (χ0v) is 19.9. The maximum Gasteiger partial charge on any atom is 0.345 e. The molecule has 0 spiro atoms. The monoisotopic (exact) mass is 486 g/mol. The number of amides is 1. The number of nitrogens with two attached hydrogens (primary N) is 1. The summed E-state index contributed by atoms with van der Waals surface area (Å²) in [5.74, 6) is -1.11. The van der Waals surface area contributed by atoms with Crippen molar-refractivity contribution in [2.45, 2.75) is 13.5 Å². The maximum atomic E-state index is 11.7. The standard InChI is InChI=1S/C26H22N4O4S/c1-15-9-17(29-8-7-28-14-29)4-6-18(15)20-11-23-21(12-24(35-23)26(32)33)30(20)13-16-3-5-19(25(27)31)22(10-16)34-2/h3-12,14H,13H2,1-2H3,(H2,27,31)(H,32,33). The van der Waals surface area contributed by atoms with E-state index in [0.717, 1.165) is 38.3 Å². The highest BCUT2D eigenvalue weighted by molar-refractivity contribution is 7.20. The lowest BCUT2D eigenvalue weighted by atomic mass is 10.0. The molecule has 0 aliphatic carbocycles. The van der Waals surface area contributed by atoms with Gasteiger partial charge in [-0.2, -0.15) is 0 Å². The summed E-state index contributed by atoms with van der Waals surface area (Å²) >= 11 is 1.25. The van der Waals surface area contributed by atoms with Crippen LogP contribution in [0.25, 0.3) is 27.2 Å². The number of aromatic carboxylic acids is 1.